The van der Waals surface area contributed by atoms with E-state index in [0.29, 0.717) is 11.7 Å². The van der Waals surface area contributed by atoms with Gasteiger partial charge in [0.1, 0.15) is 5.75 Å². The predicted molar refractivity (Wildman–Crippen MR) is 97.8 cm³/mol. The maximum Gasteiger partial charge on any atom is 0.123 e. The highest BCUT2D eigenvalue weighted by molar-refractivity contribution is 5.76. The van der Waals surface area contributed by atoms with Crippen LogP contribution in [0.1, 0.15) is 44.7 Å². The summed E-state index contributed by atoms with van der Waals surface area (Å²) in [4.78, 5) is 0. The molecule has 0 unspecified atom stereocenters. The zero-order chi connectivity index (χ0) is 16.7. The zero-order valence-electron chi connectivity index (χ0n) is 14.6. The van der Waals surface area contributed by atoms with Gasteiger partial charge >= 0.3 is 0 Å². The van der Waals surface area contributed by atoms with Crippen LogP contribution in [0.15, 0.2) is 64.8 Å². The Morgan fingerprint density at radius 3 is 1.96 bits per heavy atom. The molecule has 1 aliphatic carbocycles. The second kappa shape index (κ2) is 5.73. The number of phenolic OH excluding ortho intramolecular Hbond substituents is 1. The molecule has 0 aliphatic heterocycles. The van der Waals surface area contributed by atoms with E-state index in [9.17, 15) is 5.11 Å². The van der Waals surface area contributed by atoms with Crippen molar-refractivity contribution in [2.75, 3.05) is 0 Å². The first-order chi connectivity index (χ1) is 10.9. The van der Waals surface area contributed by atoms with E-state index < -0.39 is 0 Å². The second-order valence-electron chi connectivity index (χ2n) is 6.66. The normalized spacial score (nSPS) is 15.7. The lowest BCUT2D eigenvalue weighted by Gasteiger charge is -2.20. The molecule has 23 heavy (non-hydrogen) atoms. The van der Waals surface area contributed by atoms with Crippen LogP contribution in [-0.2, 0) is 0 Å². The molecular formula is C22H24O. The summed E-state index contributed by atoms with van der Waals surface area (Å²) < 4.78 is 0. The summed E-state index contributed by atoms with van der Waals surface area (Å²) in [5.74, 6) is 0.666. The summed E-state index contributed by atoms with van der Waals surface area (Å²) in [7, 11) is 0. The molecular weight excluding hydrogens is 280 g/mol. The SMILES string of the molecule is CC1=C(C)C(c2ccccc2-c2ccc(C)cc2O)C(C)=C1C. The Bertz CT molecular complexity index is 813. The summed E-state index contributed by atoms with van der Waals surface area (Å²) in [5.41, 5.74) is 10.0. The fraction of sp³-hybridized carbons (Fsp3) is 0.273. The topological polar surface area (TPSA) is 20.2 Å². The zero-order valence-corrected chi connectivity index (χ0v) is 14.6. The van der Waals surface area contributed by atoms with Crippen LogP contribution in [-0.4, -0.2) is 5.11 Å². The van der Waals surface area contributed by atoms with Crippen molar-refractivity contribution in [3.05, 3.63) is 75.9 Å². The fourth-order valence-electron chi connectivity index (χ4n) is 3.68. The van der Waals surface area contributed by atoms with Gasteiger partial charge in [-0.15, -0.1) is 0 Å². The van der Waals surface area contributed by atoms with Gasteiger partial charge in [-0.05, 0) is 68.5 Å². The van der Waals surface area contributed by atoms with Gasteiger partial charge in [-0.25, -0.2) is 0 Å². The molecule has 0 saturated carbocycles. The van der Waals surface area contributed by atoms with Crippen LogP contribution in [0.4, 0.5) is 0 Å². The quantitative estimate of drug-likeness (QED) is 0.706. The second-order valence-corrected chi connectivity index (χ2v) is 6.66. The molecule has 0 radical (unpaired) electrons. The Morgan fingerprint density at radius 1 is 0.739 bits per heavy atom. The number of aromatic hydroxyl groups is 1. The predicted octanol–water partition coefficient (Wildman–Crippen LogP) is 6.14. The maximum atomic E-state index is 10.4. The van der Waals surface area contributed by atoms with Gasteiger partial charge < -0.3 is 5.11 Å². The van der Waals surface area contributed by atoms with E-state index in [2.05, 4.69) is 52.0 Å². The van der Waals surface area contributed by atoms with Crippen molar-refractivity contribution in [2.24, 2.45) is 0 Å². The Balaban J connectivity index is 2.21. The van der Waals surface area contributed by atoms with Crippen molar-refractivity contribution in [1.82, 2.24) is 0 Å². The van der Waals surface area contributed by atoms with Gasteiger partial charge in [-0.1, -0.05) is 47.5 Å². The van der Waals surface area contributed by atoms with E-state index in [1.807, 2.05) is 25.1 Å². The fourth-order valence-corrected chi connectivity index (χ4v) is 3.68. The Labute approximate surface area is 139 Å². The summed E-state index contributed by atoms with van der Waals surface area (Å²) in [6, 6.07) is 14.4. The molecule has 1 nitrogen and oxygen atoms in total. The minimum atomic E-state index is 0.312. The van der Waals surface area contributed by atoms with E-state index in [0.717, 1.165) is 16.7 Å². The van der Waals surface area contributed by atoms with Gasteiger partial charge in [0.05, 0.1) is 0 Å². The molecule has 2 aromatic rings. The van der Waals surface area contributed by atoms with Crippen molar-refractivity contribution in [1.29, 1.82) is 0 Å². The number of aryl methyl sites for hydroxylation is 1. The van der Waals surface area contributed by atoms with E-state index in [1.165, 1.54) is 27.9 Å². The molecule has 1 heteroatoms. The molecule has 0 fully saturated rings. The van der Waals surface area contributed by atoms with Crippen molar-refractivity contribution >= 4 is 0 Å². The van der Waals surface area contributed by atoms with Crippen molar-refractivity contribution in [3.63, 3.8) is 0 Å². The summed E-state index contributed by atoms with van der Waals surface area (Å²) in [6.45, 7) is 10.9. The first kappa shape index (κ1) is 15.6. The van der Waals surface area contributed by atoms with Crippen molar-refractivity contribution in [3.8, 4) is 16.9 Å². The van der Waals surface area contributed by atoms with Gasteiger partial charge in [0, 0.05) is 11.5 Å². The maximum absolute atomic E-state index is 10.4. The molecule has 1 aliphatic rings. The molecule has 0 atom stereocenters. The Hall–Kier alpha value is -2.28. The number of phenols is 1. The lowest BCUT2D eigenvalue weighted by Crippen LogP contribution is -2.02. The number of rotatable bonds is 2. The third-order valence-electron chi connectivity index (χ3n) is 5.33. The van der Waals surface area contributed by atoms with Crippen LogP contribution in [0, 0.1) is 6.92 Å². The Kier molecular flexibility index (Phi) is 3.89. The summed E-state index contributed by atoms with van der Waals surface area (Å²) >= 11 is 0. The molecule has 2 aromatic carbocycles. The number of hydrogen-bond donors (Lipinski definition) is 1. The number of benzene rings is 2. The lowest BCUT2D eigenvalue weighted by molar-refractivity contribution is 0.477. The van der Waals surface area contributed by atoms with Crippen LogP contribution < -0.4 is 0 Å². The van der Waals surface area contributed by atoms with Crippen LogP contribution in [0.2, 0.25) is 0 Å². The van der Waals surface area contributed by atoms with Crippen LogP contribution >= 0.6 is 0 Å². The number of allylic oxidation sites excluding steroid dienone is 4. The third-order valence-corrected chi connectivity index (χ3v) is 5.33. The molecule has 0 saturated heterocycles. The minimum Gasteiger partial charge on any atom is -0.507 e. The molecule has 0 bridgehead atoms. The standard InChI is InChI=1S/C22H24O/c1-13-10-11-19(21(23)12-13)18-8-6-7-9-20(18)22-16(4)14(2)15(3)17(22)5/h6-12,22-23H,1-5H3. The van der Waals surface area contributed by atoms with Gasteiger partial charge in [0.2, 0.25) is 0 Å². The largest absolute Gasteiger partial charge is 0.507 e. The molecule has 0 aromatic heterocycles. The van der Waals surface area contributed by atoms with Gasteiger partial charge in [0.15, 0.2) is 0 Å². The molecule has 118 valence electrons. The highest BCUT2D eigenvalue weighted by Gasteiger charge is 2.28. The van der Waals surface area contributed by atoms with Crippen LogP contribution in [0.3, 0.4) is 0 Å². The molecule has 0 spiro atoms. The molecule has 0 amide bonds. The first-order valence-electron chi connectivity index (χ1n) is 8.16. The average Bonchev–Trinajstić information content (AvgIpc) is 2.71. The first-order valence-corrected chi connectivity index (χ1v) is 8.16. The monoisotopic (exact) mass is 304 g/mol. The van der Waals surface area contributed by atoms with E-state index >= 15 is 0 Å². The van der Waals surface area contributed by atoms with E-state index in [1.54, 1.807) is 0 Å². The number of hydrogen-bond acceptors (Lipinski definition) is 1. The Morgan fingerprint density at radius 2 is 1.35 bits per heavy atom. The van der Waals surface area contributed by atoms with Crippen molar-refractivity contribution in [2.45, 2.75) is 40.5 Å². The molecule has 3 rings (SSSR count). The molecule has 0 heterocycles. The molecule has 1 N–H and O–H groups in total. The van der Waals surface area contributed by atoms with Crippen LogP contribution in [0.5, 0.6) is 5.75 Å². The lowest BCUT2D eigenvalue weighted by atomic mass is 9.83. The summed E-state index contributed by atoms with van der Waals surface area (Å²) in [5, 5.41) is 10.4. The average molecular weight is 304 g/mol. The third kappa shape index (κ3) is 2.50. The highest BCUT2D eigenvalue weighted by Crippen LogP contribution is 2.46. The van der Waals surface area contributed by atoms with Gasteiger partial charge in [0.25, 0.3) is 0 Å². The van der Waals surface area contributed by atoms with E-state index in [4.69, 9.17) is 0 Å². The van der Waals surface area contributed by atoms with Crippen molar-refractivity contribution < 1.29 is 5.11 Å². The van der Waals surface area contributed by atoms with E-state index in [-0.39, 0.29) is 0 Å². The highest BCUT2D eigenvalue weighted by atomic mass is 16.3. The minimum absolute atomic E-state index is 0.312. The summed E-state index contributed by atoms with van der Waals surface area (Å²) in [6.07, 6.45) is 0. The van der Waals surface area contributed by atoms with Gasteiger partial charge in [-0.3, -0.25) is 0 Å². The van der Waals surface area contributed by atoms with Gasteiger partial charge in [-0.2, -0.15) is 0 Å². The smallest absolute Gasteiger partial charge is 0.123 e. The van der Waals surface area contributed by atoms with Crippen LogP contribution in [0.25, 0.3) is 11.1 Å².